The highest BCUT2D eigenvalue weighted by Crippen LogP contribution is 2.17. The molecule has 1 unspecified atom stereocenters. The van der Waals surface area contributed by atoms with Crippen LogP contribution in [0, 0.1) is 0 Å². The summed E-state index contributed by atoms with van der Waals surface area (Å²) in [5.74, 6) is -1.42. The van der Waals surface area contributed by atoms with Crippen molar-refractivity contribution in [3.8, 4) is 0 Å². The smallest absolute Gasteiger partial charge is 0.244 e. The van der Waals surface area contributed by atoms with E-state index in [0.29, 0.717) is 13.1 Å². The Morgan fingerprint density at radius 1 is 1.42 bits per heavy atom. The van der Waals surface area contributed by atoms with Gasteiger partial charge >= 0.3 is 0 Å². The van der Waals surface area contributed by atoms with Crippen LogP contribution in [-0.2, 0) is 10.0 Å². The summed E-state index contributed by atoms with van der Waals surface area (Å²) in [7, 11) is -1.60. The number of likely N-dealkylation sites (N-methyl/N-ethyl adjacent to an activating group) is 1. The number of carbonyl (C=O) groups is 1. The highest BCUT2D eigenvalue weighted by Gasteiger charge is 2.28. The molecule has 2 rings (SSSR count). The van der Waals surface area contributed by atoms with Crippen molar-refractivity contribution in [1.29, 1.82) is 0 Å². The van der Waals surface area contributed by atoms with Gasteiger partial charge in [-0.25, -0.2) is 8.42 Å². The van der Waals surface area contributed by atoms with Gasteiger partial charge in [-0.15, -0.1) is 0 Å². The van der Waals surface area contributed by atoms with Gasteiger partial charge in [0.1, 0.15) is 4.90 Å². The first-order valence-electron chi connectivity index (χ1n) is 6.12. The van der Waals surface area contributed by atoms with Crippen LogP contribution in [0.15, 0.2) is 17.2 Å². The molecule has 19 heavy (non-hydrogen) atoms. The quantitative estimate of drug-likeness (QED) is 0.631. The number of hydrogen-bond donors (Lipinski definition) is 2. The van der Waals surface area contributed by atoms with Crippen molar-refractivity contribution in [2.75, 3.05) is 33.2 Å². The van der Waals surface area contributed by atoms with E-state index in [4.69, 9.17) is 0 Å². The van der Waals surface area contributed by atoms with Gasteiger partial charge in [-0.1, -0.05) is 0 Å². The van der Waals surface area contributed by atoms with Gasteiger partial charge in [-0.05, 0) is 6.07 Å². The molecular formula is C11H17N3O4S. The number of aromatic nitrogens is 1. The van der Waals surface area contributed by atoms with Crippen LogP contribution < -0.4 is 10.0 Å². The molecule has 1 aromatic heterocycles. The minimum absolute atomic E-state index is 0.0220. The van der Waals surface area contributed by atoms with Crippen molar-refractivity contribution in [2.24, 2.45) is 0 Å². The van der Waals surface area contributed by atoms with E-state index in [0.717, 1.165) is 25.6 Å². The molecule has 1 atom stereocenters. The topological polar surface area (TPSA) is 97.7 Å². The zero-order valence-electron chi connectivity index (χ0n) is 10.7. The van der Waals surface area contributed by atoms with Crippen LogP contribution >= 0.6 is 0 Å². The molecule has 0 amide bonds. The Kier molecular flexibility index (Phi) is 3.93. The van der Waals surface area contributed by atoms with E-state index >= 15 is 0 Å². The lowest BCUT2D eigenvalue weighted by Gasteiger charge is -2.18. The van der Waals surface area contributed by atoms with Crippen LogP contribution in [0.1, 0.15) is 16.9 Å². The molecule has 1 aromatic rings. The molecule has 106 valence electrons. The van der Waals surface area contributed by atoms with E-state index in [9.17, 15) is 18.3 Å². The second-order valence-electron chi connectivity index (χ2n) is 4.75. The number of carboxylic acid groups (broad SMARTS) is 1. The summed E-state index contributed by atoms with van der Waals surface area (Å²) in [5, 5.41) is 10.7. The van der Waals surface area contributed by atoms with E-state index in [1.54, 1.807) is 0 Å². The van der Waals surface area contributed by atoms with E-state index in [2.05, 4.69) is 4.98 Å². The number of carboxylic acids is 1. The van der Waals surface area contributed by atoms with Crippen molar-refractivity contribution in [3.63, 3.8) is 0 Å². The summed E-state index contributed by atoms with van der Waals surface area (Å²) in [6.45, 7) is 2.59. The molecule has 1 aliphatic heterocycles. The Morgan fingerprint density at radius 2 is 2.16 bits per heavy atom. The number of carbonyl (C=O) groups excluding carboxylic acids is 1. The lowest BCUT2D eigenvalue weighted by molar-refractivity contribution is -0.877. The predicted molar refractivity (Wildman–Crippen MR) is 65.1 cm³/mol. The third-order valence-corrected chi connectivity index (χ3v) is 5.19. The second-order valence-corrected chi connectivity index (χ2v) is 6.69. The number of sulfonamides is 1. The summed E-state index contributed by atoms with van der Waals surface area (Å²) >= 11 is 0. The van der Waals surface area contributed by atoms with E-state index in [1.807, 2.05) is 7.05 Å². The number of hydrogen-bond acceptors (Lipinski definition) is 4. The largest absolute Gasteiger partial charge is 0.543 e. The first kappa shape index (κ1) is 14.0. The van der Waals surface area contributed by atoms with Crippen LogP contribution in [0.5, 0.6) is 0 Å². The molecule has 0 saturated carbocycles. The molecule has 0 aliphatic carbocycles. The Morgan fingerprint density at radius 3 is 2.79 bits per heavy atom. The highest BCUT2D eigenvalue weighted by molar-refractivity contribution is 7.89. The predicted octanol–water partition coefficient (Wildman–Crippen LogP) is -2.71. The van der Waals surface area contributed by atoms with Crippen LogP contribution in [0.3, 0.4) is 0 Å². The minimum atomic E-state index is -3.62. The van der Waals surface area contributed by atoms with E-state index < -0.39 is 16.0 Å². The van der Waals surface area contributed by atoms with Gasteiger partial charge in [0.15, 0.2) is 0 Å². The lowest BCUT2D eigenvalue weighted by Crippen LogP contribution is -3.09. The van der Waals surface area contributed by atoms with Gasteiger partial charge in [0.2, 0.25) is 10.0 Å². The monoisotopic (exact) mass is 287 g/mol. The minimum Gasteiger partial charge on any atom is -0.543 e. The zero-order valence-corrected chi connectivity index (χ0v) is 11.5. The molecule has 2 N–H and O–H groups in total. The fourth-order valence-electron chi connectivity index (χ4n) is 2.14. The number of aromatic amines is 1. The SMILES string of the molecule is C[NH+]1CCCN(S(=O)(=O)c2c[nH]c(C(=O)[O-])c2)CC1. The van der Waals surface area contributed by atoms with Gasteiger partial charge in [-0.3, -0.25) is 0 Å². The standard InChI is InChI=1S/C11H17N3O4S/c1-13-3-2-4-14(6-5-13)19(17,18)9-7-10(11(15)16)12-8-9/h7-8,12H,2-6H2,1H3,(H,15,16). The molecule has 2 heterocycles. The fraction of sp³-hybridized carbons (Fsp3) is 0.545. The lowest BCUT2D eigenvalue weighted by atomic mass is 10.4. The van der Waals surface area contributed by atoms with Crippen LogP contribution in [0.2, 0.25) is 0 Å². The van der Waals surface area contributed by atoms with Crippen molar-refractivity contribution >= 4 is 16.0 Å². The molecular weight excluding hydrogens is 270 g/mol. The number of nitrogens with zero attached hydrogens (tertiary/aromatic N) is 1. The zero-order chi connectivity index (χ0) is 14.0. The molecule has 0 aromatic carbocycles. The first-order chi connectivity index (χ1) is 8.91. The molecule has 0 bridgehead atoms. The Bertz CT molecular complexity index is 566. The molecule has 1 saturated heterocycles. The van der Waals surface area contributed by atoms with E-state index in [1.165, 1.54) is 15.4 Å². The molecule has 7 nitrogen and oxygen atoms in total. The normalized spacial score (nSPS) is 22.1. The average molecular weight is 287 g/mol. The maximum atomic E-state index is 12.4. The summed E-state index contributed by atoms with van der Waals surface area (Å²) < 4.78 is 26.1. The molecule has 1 fully saturated rings. The van der Waals surface area contributed by atoms with E-state index in [-0.39, 0.29) is 10.6 Å². The van der Waals surface area contributed by atoms with Crippen LogP contribution in [0.4, 0.5) is 0 Å². The van der Waals surface area contributed by atoms with Crippen molar-refractivity contribution in [1.82, 2.24) is 9.29 Å². The number of H-pyrrole nitrogens is 1. The molecule has 0 spiro atoms. The summed E-state index contributed by atoms with van der Waals surface area (Å²) in [6, 6.07) is 1.10. The Hall–Kier alpha value is -1.38. The number of nitrogens with one attached hydrogen (secondary N) is 2. The van der Waals surface area contributed by atoms with Gasteiger partial charge in [0, 0.05) is 19.2 Å². The van der Waals surface area contributed by atoms with Crippen molar-refractivity contribution < 1.29 is 23.2 Å². The maximum Gasteiger partial charge on any atom is 0.244 e. The Labute approximate surface area is 111 Å². The van der Waals surface area contributed by atoms with Gasteiger partial charge in [0.05, 0.1) is 38.3 Å². The molecule has 1 aliphatic rings. The number of quaternary nitrogens is 1. The number of rotatable bonds is 3. The van der Waals surface area contributed by atoms with Crippen molar-refractivity contribution in [2.45, 2.75) is 11.3 Å². The third-order valence-electron chi connectivity index (χ3n) is 3.31. The van der Waals surface area contributed by atoms with Crippen molar-refractivity contribution in [3.05, 3.63) is 18.0 Å². The summed E-state index contributed by atoms with van der Waals surface area (Å²) in [4.78, 5) is 14.3. The second kappa shape index (κ2) is 5.32. The third kappa shape index (κ3) is 2.96. The first-order valence-corrected chi connectivity index (χ1v) is 7.56. The average Bonchev–Trinajstić information content (AvgIpc) is 2.74. The summed E-state index contributed by atoms with van der Waals surface area (Å²) in [6.07, 6.45) is 1.99. The highest BCUT2D eigenvalue weighted by atomic mass is 32.2. The van der Waals surface area contributed by atoms with Gasteiger partial charge in [-0.2, -0.15) is 4.31 Å². The van der Waals surface area contributed by atoms with Gasteiger partial charge in [0.25, 0.3) is 0 Å². The Balaban J connectivity index is 2.23. The molecule has 0 radical (unpaired) electrons. The molecule has 8 heteroatoms. The van der Waals surface area contributed by atoms with Crippen LogP contribution in [0.25, 0.3) is 0 Å². The maximum absolute atomic E-state index is 12.4. The summed E-state index contributed by atoms with van der Waals surface area (Å²) in [5.41, 5.74) is -0.226. The number of aromatic carboxylic acids is 1. The van der Waals surface area contributed by atoms with Crippen LogP contribution in [-0.4, -0.2) is 56.9 Å². The van der Waals surface area contributed by atoms with Gasteiger partial charge < -0.3 is 19.8 Å². The fourth-order valence-corrected chi connectivity index (χ4v) is 3.61.